The van der Waals surface area contributed by atoms with Crippen molar-refractivity contribution in [2.45, 2.75) is 24.5 Å². The van der Waals surface area contributed by atoms with Gasteiger partial charge in [0.2, 0.25) is 5.95 Å². The second kappa shape index (κ2) is 7.30. The lowest BCUT2D eigenvalue weighted by Gasteiger charge is -2.18. The summed E-state index contributed by atoms with van der Waals surface area (Å²) in [7, 11) is -9.49. The highest BCUT2D eigenvalue weighted by molar-refractivity contribution is 7.70. The predicted octanol–water partition coefficient (Wildman–Crippen LogP) is -2.34. The van der Waals surface area contributed by atoms with Gasteiger partial charge in [0.1, 0.15) is 18.3 Å². The lowest BCUT2D eigenvalue weighted by molar-refractivity contribution is -0.0483. The van der Waals surface area contributed by atoms with Gasteiger partial charge in [-0.2, -0.15) is 4.98 Å². The Morgan fingerprint density at radius 2 is 1.96 bits per heavy atom. The molecule has 8 N–H and O–H groups in total. The molecular weight excluding hydrogens is 424 g/mol. The first-order chi connectivity index (χ1) is 12.9. The van der Waals surface area contributed by atoms with Crippen molar-refractivity contribution in [2.75, 3.05) is 18.2 Å². The van der Waals surface area contributed by atoms with Gasteiger partial charge in [-0.25, -0.2) is 4.98 Å². The van der Waals surface area contributed by atoms with E-state index in [4.69, 9.17) is 20.3 Å². The third-order valence-corrected chi connectivity index (χ3v) is 7.32. The number of ether oxygens (including phenoxy) is 1. The molecular formula is C11H17N5O10P2. The monoisotopic (exact) mass is 441 g/mol. The zero-order valence-electron chi connectivity index (χ0n) is 13.9. The summed E-state index contributed by atoms with van der Waals surface area (Å²) in [4.78, 5) is 48.8. The molecule has 2 aromatic rings. The molecule has 17 heteroatoms. The van der Waals surface area contributed by atoms with Gasteiger partial charge in [-0.05, 0) is 0 Å². The van der Waals surface area contributed by atoms with E-state index in [0.717, 1.165) is 10.9 Å². The van der Waals surface area contributed by atoms with E-state index >= 15 is 0 Å². The summed E-state index contributed by atoms with van der Waals surface area (Å²) in [5.41, 5.74) is 4.72. The van der Waals surface area contributed by atoms with Crippen molar-refractivity contribution in [3.63, 3.8) is 0 Å². The number of aliphatic hydroxyl groups is 2. The van der Waals surface area contributed by atoms with Crippen LogP contribution in [-0.4, -0.2) is 75.2 Å². The van der Waals surface area contributed by atoms with Crippen molar-refractivity contribution in [1.29, 1.82) is 0 Å². The van der Waals surface area contributed by atoms with Crippen molar-refractivity contribution in [3.8, 4) is 0 Å². The molecule has 0 spiro atoms. The molecule has 1 fully saturated rings. The number of aromatic nitrogens is 4. The summed E-state index contributed by atoms with van der Waals surface area (Å²) in [6.45, 7) is -0.745. The second-order valence-corrected chi connectivity index (χ2v) is 10.1. The van der Waals surface area contributed by atoms with Gasteiger partial charge < -0.3 is 39.9 Å². The molecule has 3 heterocycles. The first-order valence-corrected chi connectivity index (χ1v) is 11.2. The minimum absolute atomic E-state index is 0.0339. The number of hydrogen-bond acceptors (Lipinski definition) is 10. The van der Waals surface area contributed by atoms with Crippen LogP contribution in [0.5, 0.6) is 0 Å². The molecule has 0 radical (unpaired) electrons. The van der Waals surface area contributed by atoms with Gasteiger partial charge in [0.15, 0.2) is 23.3 Å². The molecule has 15 nitrogen and oxygen atoms in total. The molecule has 28 heavy (non-hydrogen) atoms. The fraction of sp³-hybridized carbons (Fsp3) is 0.545. The van der Waals surface area contributed by atoms with Gasteiger partial charge in [-0.1, -0.05) is 0 Å². The van der Waals surface area contributed by atoms with Gasteiger partial charge in [-0.15, -0.1) is 0 Å². The van der Waals surface area contributed by atoms with E-state index < -0.39 is 57.8 Å². The Balaban J connectivity index is 1.79. The number of imidazole rings is 1. The van der Waals surface area contributed by atoms with Gasteiger partial charge in [0.25, 0.3) is 5.56 Å². The Morgan fingerprint density at radius 3 is 2.61 bits per heavy atom. The largest absolute Gasteiger partial charge is 0.387 e. The van der Waals surface area contributed by atoms with Crippen LogP contribution >= 0.6 is 15.2 Å². The molecule has 156 valence electrons. The van der Waals surface area contributed by atoms with Crippen LogP contribution in [0.25, 0.3) is 11.2 Å². The molecule has 1 saturated heterocycles. The highest BCUT2D eigenvalue weighted by Gasteiger charge is 2.45. The van der Waals surface area contributed by atoms with Crippen LogP contribution in [0.1, 0.15) is 6.23 Å². The Morgan fingerprint density at radius 1 is 1.29 bits per heavy atom. The number of fused-ring (bicyclic) bond motifs is 1. The Bertz CT molecular complexity index is 1030. The third kappa shape index (κ3) is 4.33. The van der Waals surface area contributed by atoms with E-state index in [1.807, 2.05) is 0 Å². The third-order valence-electron chi connectivity index (χ3n) is 3.87. The van der Waals surface area contributed by atoms with Gasteiger partial charge >= 0.3 is 15.2 Å². The van der Waals surface area contributed by atoms with E-state index in [1.54, 1.807) is 0 Å². The Labute approximate surface area is 155 Å². The molecule has 2 aromatic heterocycles. The van der Waals surface area contributed by atoms with Crippen LogP contribution in [0.4, 0.5) is 5.95 Å². The van der Waals surface area contributed by atoms with E-state index in [9.17, 15) is 29.0 Å². The molecule has 0 saturated carbocycles. The molecule has 3 rings (SSSR count). The summed E-state index contributed by atoms with van der Waals surface area (Å²) in [6.07, 6.45) is -4.64. The quantitative estimate of drug-likeness (QED) is 0.233. The van der Waals surface area contributed by atoms with Crippen molar-refractivity contribution in [2.24, 2.45) is 0 Å². The van der Waals surface area contributed by atoms with Gasteiger partial charge in [0.05, 0.1) is 12.9 Å². The predicted molar refractivity (Wildman–Crippen MR) is 91.2 cm³/mol. The van der Waals surface area contributed by atoms with Gasteiger partial charge in [-0.3, -0.25) is 23.5 Å². The van der Waals surface area contributed by atoms with Crippen LogP contribution in [-0.2, 0) is 18.4 Å². The maximum atomic E-state index is 11.8. The highest BCUT2D eigenvalue weighted by atomic mass is 31.2. The number of hydrogen-bond donors (Lipinski definition) is 7. The number of anilines is 1. The number of aromatic amines is 1. The number of rotatable bonds is 6. The van der Waals surface area contributed by atoms with E-state index in [2.05, 4.69) is 19.5 Å². The molecule has 0 amide bonds. The first-order valence-electron chi connectivity index (χ1n) is 7.63. The summed E-state index contributed by atoms with van der Waals surface area (Å²) < 4.78 is 33.7. The zero-order valence-corrected chi connectivity index (χ0v) is 15.7. The first kappa shape index (κ1) is 21.0. The lowest BCUT2D eigenvalue weighted by Crippen LogP contribution is -2.33. The maximum absolute atomic E-state index is 11.8. The number of nitrogens with one attached hydrogen (secondary N) is 1. The molecule has 0 aromatic carbocycles. The van der Waals surface area contributed by atoms with Crippen LogP contribution in [0.3, 0.4) is 0 Å². The molecule has 1 aliphatic heterocycles. The van der Waals surface area contributed by atoms with Crippen LogP contribution < -0.4 is 11.3 Å². The normalized spacial score (nSPS) is 27.9. The molecule has 1 aliphatic rings. The second-order valence-electron chi connectivity index (χ2n) is 6.06. The Hall–Kier alpha value is -1.67. The number of nitrogens with zero attached hydrogens (tertiary/aromatic N) is 3. The topological polar surface area (TPSA) is 243 Å². The van der Waals surface area contributed by atoms with E-state index in [-0.39, 0.29) is 17.1 Å². The molecule has 5 atom stereocenters. The molecule has 5 unspecified atom stereocenters. The number of nitrogens with two attached hydrogens (primary N) is 1. The van der Waals surface area contributed by atoms with Crippen LogP contribution in [0.2, 0.25) is 0 Å². The van der Waals surface area contributed by atoms with Crippen molar-refractivity contribution < 1.29 is 43.3 Å². The van der Waals surface area contributed by atoms with Crippen LogP contribution in [0, 0.1) is 0 Å². The summed E-state index contributed by atoms with van der Waals surface area (Å²) in [6, 6.07) is 0. The fourth-order valence-electron chi connectivity index (χ4n) is 2.69. The fourth-order valence-corrected chi connectivity index (χ4v) is 5.26. The summed E-state index contributed by atoms with van der Waals surface area (Å²) in [5.74, 6) is -1.63. The van der Waals surface area contributed by atoms with Gasteiger partial charge in [0, 0.05) is 0 Å². The SMILES string of the molecule is Nc1nc2c(ncn2C2OC(COP(=O)(O)CP(=O)(O)O)C(O)C2O)c(=O)[nH]1. The average Bonchev–Trinajstić information content (AvgIpc) is 3.06. The highest BCUT2D eigenvalue weighted by Crippen LogP contribution is 2.55. The standard InChI is InChI=1S/C11H17N5O10P2/c12-11-14-8-5(9(19)15-11)13-2-16(8)10-7(18)6(17)4(26-10)1-25-28(23,24)3-27(20,21)22/h2,4,6-7,10,17-18H,1,3H2,(H,23,24)(H2,20,21,22)(H3,12,14,15,19). The number of aliphatic hydroxyl groups excluding tert-OH is 2. The number of nitrogen functional groups attached to an aromatic ring is 1. The Kier molecular flexibility index (Phi) is 5.49. The van der Waals surface area contributed by atoms with E-state index in [0.29, 0.717) is 0 Å². The summed E-state index contributed by atoms with van der Waals surface area (Å²) >= 11 is 0. The van der Waals surface area contributed by atoms with Crippen molar-refractivity contribution in [3.05, 3.63) is 16.7 Å². The zero-order chi connectivity index (χ0) is 20.9. The van der Waals surface area contributed by atoms with Crippen molar-refractivity contribution >= 4 is 32.3 Å². The maximum Gasteiger partial charge on any atom is 0.340 e. The summed E-state index contributed by atoms with van der Waals surface area (Å²) in [5, 5.41) is 20.3. The number of H-pyrrole nitrogens is 1. The lowest BCUT2D eigenvalue weighted by atomic mass is 10.1. The van der Waals surface area contributed by atoms with Crippen LogP contribution in [0.15, 0.2) is 11.1 Å². The molecule has 0 bridgehead atoms. The molecule has 0 aliphatic carbocycles. The smallest absolute Gasteiger partial charge is 0.340 e. The average molecular weight is 441 g/mol. The minimum Gasteiger partial charge on any atom is -0.387 e. The minimum atomic E-state index is -4.82. The van der Waals surface area contributed by atoms with E-state index in [1.165, 1.54) is 0 Å². The van der Waals surface area contributed by atoms with Crippen molar-refractivity contribution in [1.82, 2.24) is 19.5 Å².